The smallest absolute Gasteiger partial charge is 0.0495 e. The molecule has 0 aromatic heterocycles. The molecule has 88 valence electrons. The van der Waals surface area contributed by atoms with Crippen molar-refractivity contribution in [3.63, 3.8) is 0 Å². The number of ether oxygens (including phenoxy) is 1. The molecule has 0 spiro atoms. The van der Waals surface area contributed by atoms with Crippen LogP contribution >= 0.6 is 0 Å². The predicted octanol–water partition coefficient (Wildman–Crippen LogP) is 1.10. The fourth-order valence-corrected chi connectivity index (χ4v) is 2.55. The molecule has 2 aliphatic heterocycles. The van der Waals surface area contributed by atoms with E-state index >= 15 is 0 Å². The van der Waals surface area contributed by atoms with Gasteiger partial charge >= 0.3 is 0 Å². The first-order valence-electron chi connectivity index (χ1n) is 6.42. The van der Waals surface area contributed by atoms with Gasteiger partial charge in [0.1, 0.15) is 0 Å². The quantitative estimate of drug-likeness (QED) is 0.755. The molecular weight excluding hydrogens is 188 g/mol. The summed E-state index contributed by atoms with van der Waals surface area (Å²) in [6.07, 6.45) is 3.86. The van der Waals surface area contributed by atoms with Crippen LogP contribution in [0.3, 0.4) is 0 Å². The third kappa shape index (κ3) is 3.44. The van der Waals surface area contributed by atoms with E-state index in [1.807, 2.05) is 0 Å². The van der Waals surface area contributed by atoms with Gasteiger partial charge in [-0.15, -0.1) is 0 Å². The zero-order valence-electron chi connectivity index (χ0n) is 9.87. The number of hydrogen-bond acceptors (Lipinski definition) is 3. The van der Waals surface area contributed by atoms with Crippen molar-refractivity contribution >= 4 is 0 Å². The van der Waals surface area contributed by atoms with E-state index in [0.717, 1.165) is 25.2 Å². The fraction of sp³-hybridized carbons (Fsp3) is 1.00. The van der Waals surface area contributed by atoms with E-state index in [0.29, 0.717) is 0 Å². The summed E-state index contributed by atoms with van der Waals surface area (Å²) >= 11 is 0. The Labute approximate surface area is 93.2 Å². The van der Waals surface area contributed by atoms with E-state index in [-0.39, 0.29) is 0 Å². The summed E-state index contributed by atoms with van der Waals surface area (Å²) in [5, 5.41) is 3.56. The summed E-state index contributed by atoms with van der Waals surface area (Å²) in [5.74, 6) is 0.833. The van der Waals surface area contributed by atoms with E-state index < -0.39 is 0 Å². The lowest BCUT2D eigenvalue weighted by atomic mass is 10.0. The maximum absolute atomic E-state index is 5.41. The molecule has 2 saturated heterocycles. The molecule has 2 atom stereocenters. The lowest BCUT2D eigenvalue weighted by Gasteiger charge is -2.33. The van der Waals surface area contributed by atoms with Crippen LogP contribution in [0.5, 0.6) is 0 Å². The third-order valence-electron chi connectivity index (χ3n) is 3.71. The van der Waals surface area contributed by atoms with Gasteiger partial charge in [-0.25, -0.2) is 0 Å². The molecule has 2 heterocycles. The van der Waals surface area contributed by atoms with Gasteiger partial charge in [-0.05, 0) is 31.7 Å². The molecule has 3 nitrogen and oxygen atoms in total. The van der Waals surface area contributed by atoms with Gasteiger partial charge in [0.2, 0.25) is 0 Å². The summed E-state index contributed by atoms with van der Waals surface area (Å²) in [7, 11) is 0. The second-order valence-electron chi connectivity index (χ2n) is 4.88. The molecule has 0 aromatic rings. The van der Waals surface area contributed by atoms with Gasteiger partial charge in [-0.3, -0.25) is 0 Å². The first-order valence-corrected chi connectivity index (χ1v) is 6.42. The first kappa shape index (κ1) is 11.4. The zero-order chi connectivity index (χ0) is 10.5. The maximum Gasteiger partial charge on any atom is 0.0495 e. The van der Waals surface area contributed by atoms with Gasteiger partial charge in [0, 0.05) is 38.9 Å². The second kappa shape index (κ2) is 5.83. The average molecular weight is 212 g/mol. The van der Waals surface area contributed by atoms with Crippen LogP contribution in [0.4, 0.5) is 0 Å². The minimum Gasteiger partial charge on any atom is -0.381 e. The first-order chi connectivity index (χ1) is 7.38. The second-order valence-corrected chi connectivity index (χ2v) is 4.88. The molecule has 0 aliphatic carbocycles. The Kier molecular flexibility index (Phi) is 4.42. The van der Waals surface area contributed by atoms with Crippen LogP contribution in [0.15, 0.2) is 0 Å². The predicted molar refractivity (Wildman–Crippen MR) is 62.1 cm³/mol. The molecule has 1 N–H and O–H groups in total. The van der Waals surface area contributed by atoms with E-state index in [1.165, 1.54) is 45.4 Å². The topological polar surface area (TPSA) is 24.5 Å². The van der Waals surface area contributed by atoms with Crippen LogP contribution in [-0.2, 0) is 4.74 Å². The molecule has 15 heavy (non-hydrogen) atoms. The molecule has 2 aliphatic rings. The van der Waals surface area contributed by atoms with Gasteiger partial charge < -0.3 is 15.0 Å². The van der Waals surface area contributed by atoms with Gasteiger partial charge in [0.15, 0.2) is 0 Å². The molecule has 2 fully saturated rings. The van der Waals surface area contributed by atoms with Crippen molar-refractivity contribution in [3.8, 4) is 0 Å². The zero-order valence-corrected chi connectivity index (χ0v) is 9.87. The monoisotopic (exact) mass is 212 g/mol. The Balaban J connectivity index is 1.65. The molecule has 0 radical (unpaired) electrons. The van der Waals surface area contributed by atoms with Crippen LogP contribution in [-0.4, -0.2) is 50.3 Å². The lowest BCUT2D eigenvalue weighted by molar-refractivity contribution is 0.165. The highest BCUT2D eigenvalue weighted by Gasteiger charge is 2.20. The standard InChI is InChI=1S/C12H24N2O/c1-2-12-9-14(7-5-13-12)6-3-11-4-8-15-10-11/h11-13H,2-10H2,1H3. The van der Waals surface area contributed by atoms with Gasteiger partial charge in [0.05, 0.1) is 0 Å². The summed E-state index contributed by atoms with van der Waals surface area (Å²) in [4.78, 5) is 2.61. The molecule has 2 unspecified atom stereocenters. The molecule has 0 aromatic carbocycles. The van der Waals surface area contributed by atoms with Crippen molar-refractivity contribution in [2.75, 3.05) is 39.4 Å². The Morgan fingerprint density at radius 2 is 2.40 bits per heavy atom. The van der Waals surface area contributed by atoms with Crippen molar-refractivity contribution in [3.05, 3.63) is 0 Å². The van der Waals surface area contributed by atoms with Crippen molar-refractivity contribution < 1.29 is 4.74 Å². The number of nitrogens with zero attached hydrogens (tertiary/aromatic N) is 1. The Morgan fingerprint density at radius 1 is 1.47 bits per heavy atom. The molecule has 0 bridgehead atoms. The van der Waals surface area contributed by atoms with Crippen molar-refractivity contribution in [2.45, 2.75) is 32.2 Å². The lowest BCUT2D eigenvalue weighted by Crippen LogP contribution is -2.50. The molecule has 0 saturated carbocycles. The minimum atomic E-state index is 0.721. The highest BCUT2D eigenvalue weighted by atomic mass is 16.5. The SMILES string of the molecule is CCC1CN(CCC2CCOC2)CCN1. The van der Waals surface area contributed by atoms with Crippen LogP contribution < -0.4 is 5.32 Å². The normalized spacial score (nSPS) is 33.4. The van der Waals surface area contributed by atoms with Gasteiger partial charge in [-0.1, -0.05) is 6.92 Å². The van der Waals surface area contributed by atoms with Crippen molar-refractivity contribution in [1.82, 2.24) is 10.2 Å². The van der Waals surface area contributed by atoms with Crippen molar-refractivity contribution in [1.29, 1.82) is 0 Å². The van der Waals surface area contributed by atoms with E-state index in [2.05, 4.69) is 17.1 Å². The largest absolute Gasteiger partial charge is 0.381 e. The van der Waals surface area contributed by atoms with Crippen LogP contribution in [0.25, 0.3) is 0 Å². The Hall–Kier alpha value is -0.120. The molecule has 3 heteroatoms. The fourth-order valence-electron chi connectivity index (χ4n) is 2.55. The third-order valence-corrected chi connectivity index (χ3v) is 3.71. The molecule has 0 amide bonds. The summed E-state index contributed by atoms with van der Waals surface area (Å²) in [5.41, 5.74) is 0. The summed E-state index contributed by atoms with van der Waals surface area (Å²) in [6, 6.07) is 0.721. The number of rotatable bonds is 4. The number of nitrogens with one attached hydrogen (secondary N) is 1. The van der Waals surface area contributed by atoms with E-state index in [1.54, 1.807) is 0 Å². The van der Waals surface area contributed by atoms with E-state index in [4.69, 9.17) is 4.74 Å². The van der Waals surface area contributed by atoms with Crippen LogP contribution in [0.1, 0.15) is 26.2 Å². The number of hydrogen-bond donors (Lipinski definition) is 1. The Bertz CT molecular complexity index is 180. The van der Waals surface area contributed by atoms with Crippen LogP contribution in [0.2, 0.25) is 0 Å². The highest BCUT2D eigenvalue weighted by molar-refractivity contribution is 4.78. The van der Waals surface area contributed by atoms with Crippen molar-refractivity contribution in [2.24, 2.45) is 5.92 Å². The molecule has 2 rings (SSSR count). The summed E-state index contributed by atoms with van der Waals surface area (Å²) < 4.78 is 5.41. The highest BCUT2D eigenvalue weighted by Crippen LogP contribution is 2.17. The Morgan fingerprint density at radius 3 is 3.13 bits per heavy atom. The number of piperazine rings is 1. The summed E-state index contributed by atoms with van der Waals surface area (Å²) in [6.45, 7) is 9.17. The average Bonchev–Trinajstić information content (AvgIpc) is 2.79. The van der Waals surface area contributed by atoms with Gasteiger partial charge in [0.25, 0.3) is 0 Å². The maximum atomic E-state index is 5.41. The molecular formula is C12H24N2O. The minimum absolute atomic E-state index is 0.721. The van der Waals surface area contributed by atoms with Crippen LogP contribution in [0, 0.1) is 5.92 Å². The van der Waals surface area contributed by atoms with Gasteiger partial charge in [-0.2, -0.15) is 0 Å². The van der Waals surface area contributed by atoms with E-state index in [9.17, 15) is 0 Å².